The first-order chi connectivity index (χ1) is 9.54. The van der Waals surface area contributed by atoms with Gasteiger partial charge in [0.15, 0.2) is 0 Å². The molecule has 0 spiro atoms. The van der Waals surface area contributed by atoms with Crippen LogP contribution in [0.15, 0.2) is 17.7 Å². The maximum Gasteiger partial charge on any atom is 0.346 e. The van der Waals surface area contributed by atoms with Crippen molar-refractivity contribution >= 4 is 17.7 Å². The number of carboxylic acid groups (broad SMARTS) is 1. The summed E-state index contributed by atoms with van der Waals surface area (Å²) in [6, 6.07) is 5.45. The second-order valence-electron chi connectivity index (χ2n) is 4.68. The second-order valence-corrected chi connectivity index (χ2v) is 4.68. The number of nitrogens with zero attached hydrogens (tertiary/aromatic N) is 1. The van der Waals surface area contributed by atoms with E-state index in [1.165, 1.54) is 11.6 Å². The molecule has 0 aliphatic heterocycles. The second kappa shape index (κ2) is 7.34. The number of aliphatic carboxylic acids is 1. The average molecular weight is 272 g/mol. The van der Waals surface area contributed by atoms with Gasteiger partial charge in [-0.1, -0.05) is 38.8 Å². The number of carbonyl (C=O) groups is 1. The molecule has 3 N–H and O–H groups in total. The molecule has 0 aromatic heterocycles. The van der Waals surface area contributed by atoms with Crippen molar-refractivity contribution < 1.29 is 9.90 Å². The normalized spacial score (nSPS) is 11.2. The van der Waals surface area contributed by atoms with Crippen LogP contribution in [-0.2, 0) is 17.6 Å². The predicted octanol–water partition coefficient (Wildman–Crippen LogP) is 3.17. The van der Waals surface area contributed by atoms with E-state index in [9.17, 15) is 4.79 Å². The summed E-state index contributed by atoms with van der Waals surface area (Å²) in [4.78, 5) is 10.9. The Morgan fingerprint density at radius 3 is 2.50 bits per heavy atom. The van der Waals surface area contributed by atoms with Crippen LogP contribution in [0, 0.1) is 11.3 Å². The highest BCUT2D eigenvalue weighted by Gasteiger charge is 2.11. The topological polar surface area (TPSA) is 87.1 Å². The third kappa shape index (κ3) is 3.61. The number of benzene rings is 1. The molecule has 0 saturated carbocycles. The number of carboxylic acids is 1. The van der Waals surface area contributed by atoms with E-state index in [0.29, 0.717) is 11.3 Å². The number of aryl methyl sites for hydroxylation is 1. The van der Waals surface area contributed by atoms with E-state index in [1.807, 2.05) is 6.07 Å². The minimum atomic E-state index is -1.23. The SMILES string of the molecule is CCCc1ccc(C=C(C#N)C(=O)O)c(N)c1CCC. The Labute approximate surface area is 119 Å². The Balaban J connectivity index is 3.34. The van der Waals surface area contributed by atoms with Crippen LogP contribution in [0.5, 0.6) is 0 Å². The van der Waals surface area contributed by atoms with Gasteiger partial charge in [0, 0.05) is 5.69 Å². The first-order valence-electron chi connectivity index (χ1n) is 6.80. The van der Waals surface area contributed by atoms with Gasteiger partial charge in [-0.05, 0) is 35.6 Å². The number of rotatable bonds is 6. The van der Waals surface area contributed by atoms with Crippen LogP contribution >= 0.6 is 0 Å². The van der Waals surface area contributed by atoms with Gasteiger partial charge in [-0.2, -0.15) is 5.26 Å². The molecule has 0 fully saturated rings. The number of nitrogen functional groups attached to an aromatic ring is 1. The molecule has 0 bridgehead atoms. The first-order valence-corrected chi connectivity index (χ1v) is 6.80. The maximum absolute atomic E-state index is 10.9. The summed E-state index contributed by atoms with van der Waals surface area (Å²) in [5.41, 5.74) is 9.33. The van der Waals surface area contributed by atoms with Gasteiger partial charge >= 0.3 is 5.97 Å². The molecule has 0 radical (unpaired) electrons. The van der Waals surface area contributed by atoms with Crippen molar-refractivity contribution in [3.63, 3.8) is 0 Å². The smallest absolute Gasteiger partial charge is 0.346 e. The van der Waals surface area contributed by atoms with Gasteiger partial charge in [-0.3, -0.25) is 0 Å². The van der Waals surface area contributed by atoms with Crippen molar-refractivity contribution in [3.05, 3.63) is 34.4 Å². The van der Waals surface area contributed by atoms with Crippen LogP contribution in [0.25, 0.3) is 6.08 Å². The molecule has 0 heterocycles. The summed E-state index contributed by atoms with van der Waals surface area (Å²) in [6.45, 7) is 4.19. The molecule has 0 saturated heterocycles. The quantitative estimate of drug-likeness (QED) is 0.473. The molecule has 1 rings (SSSR count). The third-order valence-corrected chi connectivity index (χ3v) is 3.16. The van der Waals surface area contributed by atoms with E-state index in [2.05, 4.69) is 13.8 Å². The van der Waals surface area contributed by atoms with Crippen LogP contribution in [-0.4, -0.2) is 11.1 Å². The monoisotopic (exact) mass is 272 g/mol. The van der Waals surface area contributed by atoms with Crippen LogP contribution in [0.2, 0.25) is 0 Å². The highest BCUT2D eigenvalue weighted by molar-refractivity contribution is 5.97. The molecule has 1 aromatic rings. The van der Waals surface area contributed by atoms with Crippen LogP contribution < -0.4 is 5.73 Å². The van der Waals surface area contributed by atoms with E-state index in [1.54, 1.807) is 12.1 Å². The molecule has 0 aliphatic rings. The lowest BCUT2D eigenvalue weighted by Gasteiger charge is -2.14. The molecular formula is C16H20N2O2. The highest BCUT2D eigenvalue weighted by atomic mass is 16.4. The largest absolute Gasteiger partial charge is 0.477 e. The average Bonchev–Trinajstić information content (AvgIpc) is 2.42. The molecule has 0 unspecified atom stereocenters. The summed E-state index contributed by atoms with van der Waals surface area (Å²) in [5, 5.41) is 17.7. The summed E-state index contributed by atoms with van der Waals surface area (Å²) in [6.07, 6.45) is 5.15. The van der Waals surface area contributed by atoms with Gasteiger partial charge < -0.3 is 10.8 Å². The first kappa shape index (κ1) is 15.8. The minimum Gasteiger partial charge on any atom is -0.477 e. The standard InChI is InChI=1S/C16H20N2O2/c1-3-5-11-7-8-12(9-13(10-17)16(19)20)15(18)14(11)6-4-2/h7-9H,3-6,18H2,1-2H3,(H,19,20). The van der Waals surface area contributed by atoms with Crippen LogP contribution in [0.3, 0.4) is 0 Å². The van der Waals surface area contributed by atoms with E-state index < -0.39 is 5.97 Å². The third-order valence-electron chi connectivity index (χ3n) is 3.16. The molecule has 4 nitrogen and oxygen atoms in total. The molecule has 106 valence electrons. The van der Waals surface area contributed by atoms with E-state index >= 15 is 0 Å². The highest BCUT2D eigenvalue weighted by Crippen LogP contribution is 2.26. The zero-order valence-electron chi connectivity index (χ0n) is 11.9. The summed E-state index contributed by atoms with van der Waals surface area (Å²) in [5.74, 6) is -1.23. The zero-order chi connectivity index (χ0) is 15.1. The predicted molar refractivity (Wildman–Crippen MR) is 80.1 cm³/mol. The van der Waals surface area contributed by atoms with E-state index in [4.69, 9.17) is 16.1 Å². The number of nitrogens with two attached hydrogens (primary N) is 1. The van der Waals surface area contributed by atoms with Gasteiger partial charge in [0.25, 0.3) is 0 Å². The summed E-state index contributed by atoms with van der Waals surface area (Å²) < 4.78 is 0. The van der Waals surface area contributed by atoms with Crippen LogP contribution in [0.4, 0.5) is 5.69 Å². The number of anilines is 1. The van der Waals surface area contributed by atoms with Gasteiger partial charge in [0.05, 0.1) is 0 Å². The van der Waals surface area contributed by atoms with Crippen molar-refractivity contribution in [1.29, 1.82) is 5.26 Å². The fraction of sp³-hybridized carbons (Fsp3) is 0.375. The lowest BCUT2D eigenvalue weighted by atomic mass is 9.94. The van der Waals surface area contributed by atoms with Gasteiger partial charge in [0.2, 0.25) is 0 Å². The summed E-state index contributed by atoms with van der Waals surface area (Å²) >= 11 is 0. The molecule has 20 heavy (non-hydrogen) atoms. The lowest BCUT2D eigenvalue weighted by Crippen LogP contribution is -2.04. The fourth-order valence-electron chi connectivity index (χ4n) is 2.20. The Morgan fingerprint density at radius 2 is 2.00 bits per heavy atom. The van der Waals surface area contributed by atoms with Crippen molar-refractivity contribution in [2.24, 2.45) is 0 Å². The minimum absolute atomic E-state index is 0.303. The van der Waals surface area contributed by atoms with Crippen molar-refractivity contribution in [2.45, 2.75) is 39.5 Å². The maximum atomic E-state index is 10.9. The van der Waals surface area contributed by atoms with Crippen molar-refractivity contribution in [3.8, 4) is 6.07 Å². The molecule has 0 amide bonds. The summed E-state index contributed by atoms with van der Waals surface area (Å²) in [7, 11) is 0. The van der Waals surface area contributed by atoms with Crippen molar-refractivity contribution in [2.75, 3.05) is 5.73 Å². The van der Waals surface area contributed by atoms with Gasteiger partial charge in [-0.15, -0.1) is 0 Å². The lowest BCUT2D eigenvalue weighted by molar-refractivity contribution is -0.132. The van der Waals surface area contributed by atoms with Gasteiger partial charge in [-0.25, -0.2) is 4.79 Å². The molecule has 0 atom stereocenters. The Bertz CT molecular complexity index is 569. The van der Waals surface area contributed by atoms with Gasteiger partial charge in [0.1, 0.15) is 11.6 Å². The zero-order valence-corrected chi connectivity index (χ0v) is 11.9. The molecule has 0 aliphatic carbocycles. The number of nitriles is 1. The number of hydrogen-bond acceptors (Lipinski definition) is 3. The van der Waals surface area contributed by atoms with Crippen molar-refractivity contribution in [1.82, 2.24) is 0 Å². The Hall–Kier alpha value is -2.28. The molecule has 4 heteroatoms. The number of hydrogen-bond donors (Lipinski definition) is 2. The fourth-order valence-corrected chi connectivity index (χ4v) is 2.20. The van der Waals surface area contributed by atoms with Crippen LogP contribution in [0.1, 0.15) is 43.4 Å². The molecule has 1 aromatic carbocycles. The van der Waals surface area contributed by atoms with E-state index in [0.717, 1.165) is 31.2 Å². The van der Waals surface area contributed by atoms with E-state index in [-0.39, 0.29) is 5.57 Å². The molecular weight excluding hydrogens is 252 g/mol. The Morgan fingerprint density at radius 1 is 1.35 bits per heavy atom. The Kier molecular flexibility index (Phi) is 5.79.